The van der Waals surface area contributed by atoms with Crippen LogP contribution in [0.5, 0.6) is 0 Å². The third-order valence-electron chi connectivity index (χ3n) is 3.27. The van der Waals surface area contributed by atoms with E-state index in [0.29, 0.717) is 16.8 Å². The molecule has 9 heteroatoms. The maximum Gasteiger partial charge on any atom is 0.191 e. The van der Waals surface area contributed by atoms with E-state index in [1.54, 1.807) is 17.4 Å². The van der Waals surface area contributed by atoms with Gasteiger partial charge >= 0.3 is 0 Å². The number of aliphatic hydroxyl groups excluding tert-OH is 1. The van der Waals surface area contributed by atoms with Crippen LogP contribution in [0.1, 0.15) is 34.7 Å². The van der Waals surface area contributed by atoms with Crippen LogP contribution in [-0.2, 0) is 12.8 Å². The van der Waals surface area contributed by atoms with Crippen LogP contribution in [0.15, 0.2) is 23.3 Å². The number of hydrogen-bond donors (Lipinski definition) is 3. The summed E-state index contributed by atoms with van der Waals surface area (Å²) >= 11 is 9.03. The van der Waals surface area contributed by atoms with E-state index in [2.05, 4.69) is 27.5 Å². The highest BCUT2D eigenvalue weighted by Crippen LogP contribution is 2.26. The van der Waals surface area contributed by atoms with E-state index in [4.69, 9.17) is 11.6 Å². The molecule has 0 aromatic carbocycles. The van der Waals surface area contributed by atoms with E-state index in [1.165, 1.54) is 16.2 Å². The van der Waals surface area contributed by atoms with Gasteiger partial charge in [0.15, 0.2) is 5.96 Å². The second kappa shape index (κ2) is 12.1. The zero-order valence-electron chi connectivity index (χ0n) is 14.3. The third-order valence-corrected chi connectivity index (χ3v) is 5.80. The molecule has 0 spiro atoms. The van der Waals surface area contributed by atoms with E-state index < -0.39 is 6.10 Å². The van der Waals surface area contributed by atoms with Crippen LogP contribution in [0.25, 0.3) is 0 Å². The Labute approximate surface area is 179 Å². The highest BCUT2D eigenvalue weighted by atomic mass is 127. The van der Waals surface area contributed by atoms with Crippen molar-refractivity contribution in [3.8, 4) is 0 Å². The second-order valence-corrected chi connectivity index (χ2v) is 8.07. The van der Waals surface area contributed by atoms with E-state index in [9.17, 15) is 5.11 Å². The van der Waals surface area contributed by atoms with Crippen LogP contribution < -0.4 is 10.6 Å². The molecular formula is C16H24ClIN4OS2. The van der Waals surface area contributed by atoms with Crippen LogP contribution >= 0.6 is 58.3 Å². The third kappa shape index (κ3) is 7.78. The molecule has 0 aliphatic rings. The van der Waals surface area contributed by atoms with Gasteiger partial charge in [0, 0.05) is 35.5 Å². The predicted molar refractivity (Wildman–Crippen MR) is 119 cm³/mol. The fourth-order valence-corrected chi connectivity index (χ4v) is 3.93. The van der Waals surface area contributed by atoms with Crippen LogP contribution in [0, 0.1) is 0 Å². The van der Waals surface area contributed by atoms with Crippen molar-refractivity contribution in [3.63, 3.8) is 0 Å². The van der Waals surface area contributed by atoms with E-state index >= 15 is 0 Å². The molecule has 140 valence electrons. The van der Waals surface area contributed by atoms with E-state index in [1.807, 2.05) is 19.2 Å². The number of rotatable bonds is 8. The predicted octanol–water partition coefficient (Wildman–Crippen LogP) is 3.87. The number of nitrogens with zero attached hydrogens (tertiary/aromatic N) is 2. The topological polar surface area (TPSA) is 69.5 Å². The summed E-state index contributed by atoms with van der Waals surface area (Å²) in [5.41, 5.74) is 0. The first-order valence-electron chi connectivity index (χ1n) is 8.01. The Bertz CT molecular complexity index is 662. The Morgan fingerprint density at radius 2 is 2.12 bits per heavy atom. The lowest BCUT2D eigenvalue weighted by molar-refractivity contribution is 0.191. The monoisotopic (exact) mass is 514 g/mol. The molecule has 0 aliphatic heterocycles. The van der Waals surface area contributed by atoms with Gasteiger partial charge in [0.1, 0.15) is 6.10 Å². The van der Waals surface area contributed by atoms with Gasteiger partial charge in [0.05, 0.1) is 15.9 Å². The summed E-state index contributed by atoms with van der Waals surface area (Å²) in [7, 11) is 0. The van der Waals surface area contributed by atoms with Crippen molar-refractivity contribution < 1.29 is 5.11 Å². The van der Waals surface area contributed by atoms with Gasteiger partial charge in [-0.15, -0.1) is 46.7 Å². The van der Waals surface area contributed by atoms with E-state index in [-0.39, 0.29) is 24.0 Å². The minimum atomic E-state index is -0.635. The molecule has 2 aromatic rings. The van der Waals surface area contributed by atoms with Gasteiger partial charge in [-0.2, -0.15) is 0 Å². The summed E-state index contributed by atoms with van der Waals surface area (Å²) in [6.45, 7) is 5.97. The molecule has 0 fully saturated rings. The summed E-state index contributed by atoms with van der Waals surface area (Å²) in [5.74, 6) is 0.700. The van der Waals surface area contributed by atoms with Crippen molar-refractivity contribution in [2.45, 2.75) is 32.8 Å². The van der Waals surface area contributed by atoms with Crippen LogP contribution in [0.3, 0.4) is 0 Å². The Morgan fingerprint density at radius 3 is 2.72 bits per heavy atom. The van der Waals surface area contributed by atoms with Crippen LogP contribution in [-0.4, -0.2) is 35.7 Å². The van der Waals surface area contributed by atoms with Gasteiger partial charge in [0.2, 0.25) is 0 Å². The summed E-state index contributed by atoms with van der Waals surface area (Å²) in [4.78, 5) is 11.0. The molecule has 0 saturated carbocycles. The van der Waals surface area contributed by atoms with Gasteiger partial charge in [0.25, 0.3) is 0 Å². The number of aliphatic hydroxyl groups is 1. The number of halogens is 2. The normalized spacial score (nSPS) is 12.6. The summed E-state index contributed by atoms with van der Waals surface area (Å²) in [5, 5.41) is 17.8. The van der Waals surface area contributed by atoms with Crippen molar-refractivity contribution >= 4 is 64.2 Å². The number of thiazole rings is 1. The van der Waals surface area contributed by atoms with Gasteiger partial charge in [-0.05, 0) is 25.5 Å². The smallest absolute Gasteiger partial charge is 0.191 e. The van der Waals surface area contributed by atoms with Gasteiger partial charge in [-0.3, -0.25) is 4.99 Å². The number of aliphatic imine (C=N–C) groups is 1. The van der Waals surface area contributed by atoms with E-state index in [0.717, 1.165) is 35.8 Å². The number of nitrogens with one attached hydrogen (secondary N) is 2. The zero-order chi connectivity index (χ0) is 17.4. The molecule has 5 nitrogen and oxygen atoms in total. The van der Waals surface area contributed by atoms with Crippen molar-refractivity contribution in [2.24, 2.45) is 4.99 Å². The fourth-order valence-electron chi connectivity index (χ4n) is 2.03. The van der Waals surface area contributed by atoms with Crippen molar-refractivity contribution in [3.05, 3.63) is 37.4 Å². The van der Waals surface area contributed by atoms with Crippen LogP contribution in [0.4, 0.5) is 0 Å². The maximum absolute atomic E-state index is 10.2. The molecule has 2 rings (SSSR count). The first-order valence-corrected chi connectivity index (χ1v) is 10.0. The molecule has 0 bridgehead atoms. The Balaban J connectivity index is 0.00000312. The molecule has 0 aliphatic carbocycles. The molecule has 2 heterocycles. The Hall–Kier alpha value is -0.420. The first kappa shape index (κ1) is 22.6. The molecule has 2 aromatic heterocycles. The Kier molecular flexibility index (Phi) is 10.9. The average molecular weight is 515 g/mol. The SMILES string of the molecule is CCNC(=NCC(O)c1ccc(Cl)s1)NCCc1ncc(CC)s1.I. The number of aromatic nitrogens is 1. The largest absolute Gasteiger partial charge is 0.386 e. The average Bonchev–Trinajstić information content (AvgIpc) is 3.21. The standard InChI is InChI=1S/C16H23ClN4OS2.HI/c1-3-11-9-20-15(23-11)7-8-19-16(18-4-2)21-10-12(22)13-5-6-14(17)24-13;/h5-6,9,12,22H,3-4,7-8,10H2,1-2H3,(H2,18,19,21);1H. The molecular weight excluding hydrogens is 491 g/mol. The summed E-state index contributed by atoms with van der Waals surface area (Å²) < 4.78 is 0.674. The molecule has 0 amide bonds. The second-order valence-electron chi connectivity index (χ2n) is 5.13. The molecule has 1 unspecified atom stereocenters. The minimum absolute atomic E-state index is 0. The zero-order valence-corrected chi connectivity index (χ0v) is 19.0. The quantitative estimate of drug-likeness (QED) is 0.284. The van der Waals surface area contributed by atoms with Gasteiger partial charge < -0.3 is 15.7 Å². The number of hydrogen-bond acceptors (Lipinski definition) is 5. The maximum atomic E-state index is 10.2. The van der Waals surface area contributed by atoms with Crippen molar-refractivity contribution in [1.29, 1.82) is 0 Å². The lowest BCUT2D eigenvalue weighted by atomic mass is 10.3. The van der Waals surface area contributed by atoms with Crippen LogP contribution in [0.2, 0.25) is 4.34 Å². The van der Waals surface area contributed by atoms with Crippen molar-refractivity contribution in [1.82, 2.24) is 15.6 Å². The number of thiophene rings is 1. The van der Waals surface area contributed by atoms with Gasteiger partial charge in [-0.25, -0.2) is 4.98 Å². The molecule has 1 atom stereocenters. The minimum Gasteiger partial charge on any atom is -0.386 e. The summed E-state index contributed by atoms with van der Waals surface area (Å²) in [6, 6.07) is 3.62. The van der Waals surface area contributed by atoms with Gasteiger partial charge in [-0.1, -0.05) is 18.5 Å². The highest BCUT2D eigenvalue weighted by Gasteiger charge is 2.10. The highest BCUT2D eigenvalue weighted by molar-refractivity contribution is 14.0. The first-order chi connectivity index (χ1) is 11.6. The summed E-state index contributed by atoms with van der Waals surface area (Å²) in [6.07, 6.45) is 3.20. The van der Waals surface area contributed by atoms with Crippen molar-refractivity contribution in [2.75, 3.05) is 19.6 Å². The molecule has 25 heavy (non-hydrogen) atoms. The fraction of sp³-hybridized carbons (Fsp3) is 0.500. The molecule has 0 radical (unpaired) electrons. The number of aryl methyl sites for hydroxylation is 1. The Morgan fingerprint density at radius 1 is 1.32 bits per heavy atom. The molecule has 3 N–H and O–H groups in total. The molecule has 0 saturated heterocycles. The number of guanidine groups is 1. The lowest BCUT2D eigenvalue weighted by Gasteiger charge is -2.12. The lowest BCUT2D eigenvalue weighted by Crippen LogP contribution is -2.38.